The van der Waals surface area contributed by atoms with E-state index in [9.17, 15) is 0 Å². The molecule has 2 nitrogen and oxygen atoms in total. The molecule has 0 aliphatic heterocycles. The Balaban J connectivity index is 2.06. The zero-order valence-electron chi connectivity index (χ0n) is 11.6. The number of benzene rings is 1. The van der Waals surface area contributed by atoms with E-state index in [2.05, 4.69) is 22.6 Å². The average Bonchev–Trinajstić information content (AvgIpc) is 2.80. The summed E-state index contributed by atoms with van der Waals surface area (Å²) in [6, 6.07) is 6.20. The van der Waals surface area contributed by atoms with Crippen LogP contribution in [-0.2, 0) is 12.8 Å². The molecule has 20 heavy (non-hydrogen) atoms. The second-order valence-electron chi connectivity index (χ2n) is 4.79. The molecular formula is C15H18Cl2N2S. The van der Waals surface area contributed by atoms with E-state index in [1.165, 1.54) is 10.6 Å². The average molecular weight is 329 g/mol. The van der Waals surface area contributed by atoms with Gasteiger partial charge in [-0.3, -0.25) is 0 Å². The number of hydrogen-bond donors (Lipinski definition) is 1. The van der Waals surface area contributed by atoms with Crippen molar-refractivity contribution in [3.05, 3.63) is 49.9 Å². The highest BCUT2D eigenvalue weighted by atomic mass is 35.5. The van der Waals surface area contributed by atoms with Gasteiger partial charge in [-0.05, 0) is 37.6 Å². The maximum atomic E-state index is 6.08. The van der Waals surface area contributed by atoms with Crippen LogP contribution < -0.4 is 5.32 Å². The molecule has 0 fully saturated rings. The highest BCUT2D eigenvalue weighted by molar-refractivity contribution is 7.09. The van der Waals surface area contributed by atoms with Crippen LogP contribution in [0.15, 0.2) is 23.6 Å². The third-order valence-electron chi connectivity index (χ3n) is 3.05. The molecule has 1 heterocycles. The third-order valence-corrected chi connectivity index (χ3v) is 4.77. The van der Waals surface area contributed by atoms with E-state index >= 15 is 0 Å². The van der Waals surface area contributed by atoms with Crippen molar-refractivity contribution in [1.29, 1.82) is 0 Å². The van der Waals surface area contributed by atoms with E-state index in [0.717, 1.165) is 25.1 Å². The monoisotopic (exact) mass is 328 g/mol. The molecule has 1 aromatic carbocycles. The molecule has 1 aromatic heterocycles. The summed E-state index contributed by atoms with van der Waals surface area (Å²) in [4.78, 5) is 4.54. The Morgan fingerprint density at radius 3 is 2.65 bits per heavy atom. The minimum atomic E-state index is 0.364. The lowest BCUT2D eigenvalue weighted by Gasteiger charge is -2.17. The van der Waals surface area contributed by atoms with Gasteiger partial charge in [0.05, 0.1) is 15.1 Å². The van der Waals surface area contributed by atoms with Crippen molar-refractivity contribution in [3.8, 4) is 0 Å². The fraction of sp³-hybridized carbons (Fsp3) is 0.400. The number of hydrogen-bond acceptors (Lipinski definition) is 3. The summed E-state index contributed by atoms with van der Waals surface area (Å²) < 4.78 is 0. The van der Waals surface area contributed by atoms with Crippen molar-refractivity contribution in [3.63, 3.8) is 0 Å². The zero-order chi connectivity index (χ0) is 14.5. The van der Waals surface area contributed by atoms with Crippen LogP contribution in [0.25, 0.3) is 0 Å². The van der Waals surface area contributed by atoms with Gasteiger partial charge in [0.1, 0.15) is 0 Å². The first-order chi connectivity index (χ1) is 9.58. The molecule has 2 rings (SSSR count). The van der Waals surface area contributed by atoms with Crippen LogP contribution in [0, 0.1) is 6.92 Å². The van der Waals surface area contributed by atoms with E-state index in [1.54, 1.807) is 11.3 Å². The zero-order valence-corrected chi connectivity index (χ0v) is 13.9. The summed E-state index contributed by atoms with van der Waals surface area (Å²) in [5.74, 6) is 0. The number of aryl methyl sites for hydroxylation is 1. The summed E-state index contributed by atoms with van der Waals surface area (Å²) in [5, 5.41) is 8.00. The molecule has 0 saturated heterocycles. The van der Waals surface area contributed by atoms with Gasteiger partial charge >= 0.3 is 0 Å². The lowest BCUT2D eigenvalue weighted by atomic mass is 10.0. The number of nitrogens with one attached hydrogen (secondary N) is 1. The Morgan fingerprint density at radius 2 is 2.05 bits per heavy atom. The number of likely N-dealkylation sites (N-methyl/N-ethyl adjacent to an activating group) is 1. The van der Waals surface area contributed by atoms with Crippen LogP contribution in [-0.4, -0.2) is 17.6 Å². The Hall–Kier alpha value is -0.610. The lowest BCUT2D eigenvalue weighted by molar-refractivity contribution is 0.520. The van der Waals surface area contributed by atoms with Crippen molar-refractivity contribution in [2.45, 2.75) is 32.7 Å². The molecule has 0 saturated carbocycles. The van der Waals surface area contributed by atoms with E-state index < -0.39 is 0 Å². The minimum absolute atomic E-state index is 0.364. The molecule has 0 amide bonds. The molecule has 1 atom stereocenters. The van der Waals surface area contributed by atoms with Crippen LogP contribution in [0.3, 0.4) is 0 Å². The standard InChI is InChI=1S/C15H18Cl2N2S/c1-3-18-12(8-15-19-10(2)9-20-15)6-11-4-5-13(16)14(17)7-11/h4-5,7,9,12,18H,3,6,8H2,1-2H3. The molecule has 1 N–H and O–H groups in total. The van der Waals surface area contributed by atoms with Gasteiger partial charge in [-0.25, -0.2) is 4.98 Å². The molecule has 0 radical (unpaired) electrons. The van der Waals surface area contributed by atoms with Gasteiger partial charge in [0.25, 0.3) is 0 Å². The Kier molecular flexibility index (Phi) is 5.85. The van der Waals surface area contributed by atoms with E-state index in [-0.39, 0.29) is 0 Å². The van der Waals surface area contributed by atoms with Gasteiger partial charge in [0, 0.05) is 23.5 Å². The molecule has 0 aliphatic carbocycles. The predicted molar refractivity (Wildman–Crippen MR) is 88.2 cm³/mol. The molecule has 1 unspecified atom stereocenters. The van der Waals surface area contributed by atoms with Crippen LogP contribution in [0.2, 0.25) is 10.0 Å². The molecule has 5 heteroatoms. The predicted octanol–water partition coefficient (Wildman–Crippen LogP) is 4.52. The van der Waals surface area contributed by atoms with Gasteiger partial charge in [0.2, 0.25) is 0 Å². The largest absolute Gasteiger partial charge is 0.314 e. The summed E-state index contributed by atoms with van der Waals surface area (Å²) in [5.41, 5.74) is 2.29. The number of halogens is 2. The third kappa shape index (κ3) is 4.45. The topological polar surface area (TPSA) is 24.9 Å². The highest BCUT2D eigenvalue weighted by Gasteiger charge is 2.12. The first kappa shape index (κ1) is 15.8. The summed E-state index contributed by atoms with van der Waals surface area (Å²) >= 11 is 13.8. The summed E-state index contributed by atoms with van der Waals surface area (Å²) in [6.07, 6.45) is 1.86. The molecule has 0 spiro atoms. The highest BCUT2D eigenvalue weighted by Crippen LogP contribution is 2.23. The second kappa shape index (κ2) is 7.41. The first-order valence-corrected chi connectivity index (χ1v) is 8.30. The summed E-state index contributed by atoms with van der Waals surface area (Å²) in [6.45, 7) is 5.09. The fourth-order valence-electron chi connectivity index (χ4n) is 2.16. The summed E-state index contributed by atoms with van der Waals surface area (Å²) in [7, 11) is 0. The van der Waals surface area contributed by atoms with Crippen LogP contribution in [0.1, 0.15) is 23.2 Å². The normalized spacial score (nSPS) is 12.6. The fourth-order valence-corrected chi connectivity index (χ4v) is 3.34. The minimum Gasteiger partial charge on any atom is -0.314 e. The van der Waals surface area contributed by atoms with Crippen LogP contribution in [0.4, 0.5) is 0 Å². The Labute approximate surface area is 134 Å². The van der Waals surface area contributed by atoms with Crippen molar-refractivity contribution >= 4 is 34.5 Å². The van der Waals surface area contributed by atoms with Gasteiger partial charge in [-0.1, -0.05) is 36.2 Å². The molecule has 0 aliphatic rings. The lowest BCUT2D eigenvalue weighted by Crippen LogP contribution is -2.33. The number of rotatable bonds is 6. The van der Waals surface area contributed by atoms with Crippen molar-refractivity contribution in [1.82, 2.24) is 10.3 Å². The molecular weight excluding hydrogens is 311 g/mol. The second-order valence-corrected chi connectivity index (χ2v) is 6.55. The maximum Gasteiger partial charge on any atom is 0.0943 e. The molecule has 2 aromatic rings. The van der Waals surface area contributed by atoms with Crippen LogP contribution >= 0.6 is 34.5 Å². The SMILES string of the molecule is CCNC(Cc1ccc(Cl)c(Cl)c1)Cc1nc(C)cs1. The van der Waals surface area contributed by atoms with Gasteiger partial charge in [0.15, 0.2) is 0 Å². The maximum absolute atomic E-state index is 6.08. The Morgan fingerprint density at radius 1 is 1.25 bits per heavy atom. The van der Waals surface area contributed by atoms with Gasteiger partial charge < -0.3 is 5.32 Å². The number of nitrogens with zero attached hydrogens (tertiary/aromatic N) is 1. The van der Waals surface area contributed by atoms with Gasteiger partial charge in [-0.15, -0.1) is 11.3 Å². The van der Waals surface area contributed by atoms with E-state index in [4.69, 9.17) is 23.2 Å². The number of thiazole rings is 1. The van der Waals surface area contributed by atoms with Crippen molar-refractivity contribution < 1.29 is 0 Å². The molecule has 108 valence electrons. The van der Waals surface area contributed by atoms with Crippen molar-refractivity contribution in [2.24, 2.45) is 0 Å². The number of aromatic nitrogens is 1. The van der Waals surface area contributed by atoms with Gasteiger partial charge in [-0.2, -0.15) is 0 Å². The quantitative estimate of drug-likeness (QED) is 0.843. The van der Waals surface area contributed by atoms with Crippen molar-refractivity contribution in [2.75, 3.05) is 6.54 Å². The Bertz CT molecular complexity index is 569. The van der Waals surface area contributed by atoms with E-state index in [0.29, 0.717) is 16.1 Å². The molecule has 0 bridgehead atoms. The smallest absolute Gasteiger partial charge is 0.0943 e. The van der Waals surface area contributed by atoms with E-state index in [1.807, 2.05) is 25.1 Å². The van der Waals surface area contributed by atoms with Crippen LogP contribution in [0.5, 0.6) is 0 Å². The first-order valence-electron chi connectivity index (χ1n) is 6.66.